The van der Waals surface area contributed by atoms with Crippen molar-refractivity contribution in [2.45, 2.75) is 39.2 Å². The second kappa shape index (κ2) is 8.01. The van der Waals surface area contributed by atoms with E-state index >= 15 is 0 Å². The molecule has 0 aromatic rings. The highest BCUT2D eigenvalue weighted by molar-refractivity contribution is 5.72. The standard InChI is InChI=1S/C13H22FNO2/c1-5-11(14)8-6-7-9-15-10-12(16)17-13(2,3)4/h5,8,15H,1,6-7,9-10H2,2-4H3/b11-8-. The van der Waals surface area contributed by atoms with Crippen LogP contribution in [0, 0.1) is 0 Å². The minimum Gasteiger partial charge on any atom is -0.459 e. The number of nitrogens with one attached hydrogen (secondary N) is 1. The summed E-state index contributed by atoms with van der Waals surface area (Å²) in [4.78, 5) is 11.3. The average Bonchev–Trinajstić information content (AvgIpc) is 2.20. The highest BCUT2D eigenvalue weighted by Gasteiger charge is 2.15. The van der Waals surface area contributed by atoms with Crippen molar-refractivity contribution in [1.29, 1.82) is 0 Å². The molecule has 0 fully saturated rings. The molecule has 0 rings (SSSR count). The Morgan fingerprint density at radius 3 is 2.65 bits per heavy atom. The van der Waals surface area contributed by atoms with Crippen molar-refractivity contribution < 1.29 is 13.9 Å². The molecule has 0 saturated carbocycles. The van der Waals surface area contributed by atoms with E-state index in [1.807, 2.05) is 20.8 Å². The zero-order chi connectivity index (χ0) is 13.3. The lowest BCUT2D eigenvalue weighted by molar-refractivity contribution is -0.153. The molecule has 0 saturated heterocycles. The Labute approximate surface area is 103 Å². The zero-order valence-electron chi connectivity index (χ0n) is 10.9. The van der Waals surface area contributed by atoms with Crippen molar-refractivity contribution in [2.24, 2.45) is 0 Å². The third-order valence-corrected chi connectivity index (χ3v) is 1.78. The van der Waals surface area contributed by atoms with Crippen LogP contribution < -0.4 is 5.32 Å². The molecule has 3 nitrogen and oxygen atoms in total. The SMILES string of the molecule is C=C/C(F)=C/CCCNCC(=O)OC(C)(C)C. The van der Waals surface area contributed by atoms with Crippen LogP contribution in [0.3, 0.4) is 0 Å². The lowest BCUT2D eigenvalue weighted by Crippen LogP contribution is -2.31. The van der Waals surface area contributed by atoms with Crippen LogP contribution in [0.1, 0.15) is 33.6 Å². The van der Waals surface area contributed by atoms with Crippen LogP contribution in [0.25, 0.3) is 0 Å². The van der Waals surface area contributed by atoms with Gasteiger partial charge in [-0.3, -0.25) is 4.79 Å². The van der Waals surface area contributed by atoms with Gasteiger partial charge >= 0.3 is 5.97 Å². The molecule has 0 aliphatic carbocycles. The van der Waals surface area contributed by atoms with Gasteiger partial charge in [-0.15, -0.1) is 0 Å². The van der Waals surface area contributed by atoms with E-state index in [-0.39, 0.29) is 18.3 Å². The van der Waals surface area contributed by atoms with Crippen molar-refractivity contribution >= 4 is 5.97 Å². The summed E-state index contributed by atoms with van der Waals surface area (Å²) in [5.74, 6) is -0.581. The van der Waals surface area contributed by atoms with Crippen LogP contribution >= 0.6 is 0 Å². The minimum atomic E-state index is -0.450. The summed E-state index contributed by atoms with van der Waals surface area (Å²) in [6.45, 7) is 9.63. The number of ether oxygens (including phenoxy) is 1. The number of hydrogen-bond donors (Lipinski definition) is 1. The molecule has 98 valence electrons. The largest absolute Gasteiger partial charge is 0.459 e. The van der Waals surface area contributed by atoms with E-state index in [4.69, 9.17) is 4.74 Å². The molecule has 0 atom stereocenters. The molecule has 1 N–H and O–H groups in total. The molecule has 0 aromatic carbocycles. The second-order valence-electron chi connectivity index (χ2n) is 4.70. The topological polar surface area (TPSA) is 38.3 Å². The van der Waals surface area contributed by atoms with Gasteiger partial charge in [0.1, 0.15) is 11.4 Å². The number of unbranched alkanes of at least 4 members (excludes halogenated alkanes) is 1. The minimum absolute atomic E-state index is 0.185. The third-order valence-electron chi connectivity index (χ3n) is 1.78. The van der Waals surface area contributed by atoms with Crippen LogP contribution in [0.2, 0.25) is 0 Å². The predicted octanol–water partition coefficient (Wildman–Crippen LogP) is 2.74. The first-order valence-corrected chi connectivity index (χ1v) is 5.76. The molecule has 0 bridgehead atoms. The number of halogens is 1. The van der Waals surface area contributed by atoms with Gasteiger partial charge in [0, 0.05) is 0 Å². The van der Waals surface area contributed by atoms with Gasteiger partial charge in [-0.1, -0.05) is 6.58 Å². The maximum absolute atomic E-state index is 12.6. The maximum Gasteiger partial charge on any atom is 0.320 e. The summed E-state index contributed by atoms with van der Waals surface area (Å²) in [7, 11) is 0. The normalized spacial score (nSPS) is 12.4. The molecule has 0 amide bonds. The van der Waals surface area contributed by atoms with Crippen LogP contribution in [0.4, 0.5) is 4.39 Å². The van der Waals surface area contributed by atoms with E-state index in [1.165, 1.54) is 12.2 Å². The van der Waals surface area contributed by atoms with Gasteiger partial charge in [0.05, 0.1) is 6.54 Å². The Kier molecular flexibility index (Phi) is 7.46. The van der Waals surface area contributed by atoms with Crippen molar-refractivity contribution in [2.75, 3.05) is 13.1 Å². The Bertz CT molecular complexity index is 280. The molecular formula is C13H22FNO2. The lowest BCUT2D eigenvalue weighted by Gasteiger charge is -2.19. The molecule has 0 aliphatic rings. The molecule has 0 heterocycles. The van der Waals surface area contributed by atoms with E-state index in [0.29, 0.717) is 13.0 Å². The first kappa shape index (κ1) is 15.8. The number of carbonyl (C=O) groups excluding carboxylic acids is 1. The van der Waals surface area contributed by atoms with Crippen LogP contribution in [-0.2, 0) is 9.53 Å². The fraction of sp³-hybridized carbons (Fsp3) is 0.615. The highest BCUT2D eigenvalue weighted by Crippen LogP contribution is 2.06. The third kappa shape index (κ3) is 11.1. The van der Waals surface area contributed by atoms with Gasteiger partial charge in [0.25, 0.3) is 0 Å². The van der Waals surface area contributed by atoms with Crippen LogP contribution in [0.15, 0.2) is 24.6 Å². The smallest absolute Gasteiger partial charge is 0.320 e. The van der Waals surface area contributed by atoms with Gasteiger partial charge in [0.15, 0.2) is 0 Å². The van der Waals surface area contributed by atoms with Gasteiger partial charge < -0.3 is 10.1 Å². The zero-order valence-corrected chi connectivity index (χ0v) is 10.9. The molecule has 4 heteroatoms. The number of carbonyl (C=O) groups is 1. The van der Waals surface area contributed by atoms with Crippen molar-refractivity contribution in [1.82, 2.24) is 5.32 Å². The Balaban J connectivity index is 3.52. The van der Waals surface area contributed by atoms with Gasteiger partial charge in [-0.05, 0) is 52.3 Å². The lowest BCUT2D eigenvalue weighted by atomic mass is 10.2. The van der Waals surface area contributed by atoms with Crippen molar-refractivity contribution in [3.8, 4) is 0 Å². The molecule has 17 heavy (non-hydrogen) atoms. The molecular weight excluding hydrogens is 221 g/mol. The first-order chi connectivity index (χ1) is 7.85. The van der Waals surface area contributed by atoms with Crippen molar-refractivity contribution in [3.63, 3.8) is 0 Å². The quantitative estimate of drug-likeness (QED) is 0.424. The molecule has 0 spiro atoms. The van der Waals surface area contributed by atoms with E-state index in [2.05, 4.69) is 11.9 Å². The summed E-state index contributed by atoms with van der Waals surface area (Å²) >= 11 is 0. The van der Waals surface area contributed by atoms with Crippen molar-refractivity contribution in [3.05, 3.63) is 24.6 Å². The monoisotopic (exact) mass is 243 g/mol. The average molecular weight is 243 g/mol. The number of rotatable bonds is 7. The summed E-state index contributed by atoms with van der Waals surface area (Å²) in [6, 6.07) is 0. The van der Waals surface area contributed by atoms with Crippen LogP contribution in [-0.4, -0.2) is 24.7 Å². The van der Waals surface area contributed by atoms with E-state index in [1.54, 1.807) is 0 Å². The first-order valence-electron chi connectivity index (χ1n) is 5.76. The molecule has 0 radical (unpaired) electrons. The fourth-order valence-electron chi connectivity index (χ4n) is 1.12. The molecule has 0 aromatic heterocycles. The molecule has 0 aliphatic heterocycles. The molecule has 0 unspecified atom stereocenters. The summed E-state index contributed by atoms with van der Waals surface area (Å²) in [5, 5.41) is 2.95. The fourth-order valence-corrected chi connectivity index (χ4v) is 1.12. The Morgan fingerprint density at radius 1 is 1.47 bits per heavy atom. The summed E-state index contributed by atoms with van der Waals surface area (Å²) in [6.07, 6.45) is 4.04. The number of allylic oxidation sites excluding steroid dienone is 3. The number of hydrogen-bond acceptors (Lipinski definition) is 3. The maximum atomic E-state index is 12.6. The van der Waals surface area contributed by atoms with E-state index in [9.17, 15) is 9.18 Å². The van der Waals surface area contributed by atoms with E-state index < -0.39 is 5.60 Å². The Morgan fingerprint density at radius 2 is 2.12 bits per heavy atom. The number of esters is 1. The van der Waals surface area contributed by atoms with Crippen LogP contribution in [0.5, 0.6) is 0 Å². The van der Waals surface area contributed by atoms with Gasteiger partial charge in [-0.25, -0.2) is 4.39 Å². The predicted molar refractivity (Wildman–Crippen MR) is 67.3 cm³/mol. The summed E-state index contributed by atoms with van der Waals surface area (Å²) in [5.41, 5.74) is -0.450. The van der Waals surface area contributed by atoms with Gasteiger partial charge in [0.2, 0.25) is 0 Å². The summed E-state index contributed by atoms with van der Waals surface area (Å²) < 4.78 is 17.7. The second-order valence-corrected chi connectivity index (χ2v) is 4.70. The van der Waals surface area contributed by atoms with E-state index in [0.717, 1.165) is 6.42 Å². The Hall–Kier alpha value is -1.16. The van der Waals surface area contributed by atoms with Gasteiger partial charge in [-0.2, -0.15) is 0 Å². The highest BCUT2D eigenvalue weighted by atomic mass is 19.1.